The third kappa shape index (κ3) is 4.25. The van der Waals surface area contributed by atoms with Crippen LogP contribution >= 0.6 is 11.6 Å². The molecule has 0 atom stereocenters. The predicted octanol–water partition coefficient (Wildman–Crippen LogP) is 5.46. The fourth-order valence-corrected chi connectivity index (χ4v) is 3.69. The van der Waals surface area contributed by atoms with Gasteiger partial charge in [-0.15, -0.1) is 0 Å². The van der Waals surface area contributed by atoms with Gasteiger partial charge in [0.05, 0.1) is 21.6 Å². The number of hydrogen-bond acceptors (Lipinski definition) is 7. The fraction of sp³-hybridized carbons (Fsp3) is 0.125. The number of aromatic nitrogens is 6. The first-order valence-corrected chi connectivity index (χ1v) is 10.8. The minimum atomic E-state index is -0.872. The Labute approximate surface area is 199 Å². The van der Waals surface area contributed by atoms with Crippen LogP contribution in [-0.2, 0) is 5.60 Å². The maximum atomic E-state index is 13.7. The zero-order chi connectivity index (χ0) is 23.7. The molecule has 0 fully saturated rings. The van der Waals surface area contributed by atoms with E-state index in [2.05, 4.69) is 30.4 Å². The van der Waals surface area contributed by atoms with Crippen LogP contribution in [0.3, 0.4) is 0 Å². The second kappa shape index (κ2) is 8.68. The highest BCUT2D eigenvalue weighted by atomic mass is 35.5. The Kier molecular flexibility index (Phi) is 5.54. The van der Waals surface area contributed by atoms with E-state index < -0.39 is 11.4 Å². The first-order chi connectivity index (χ1) is 16.4. The minimum Gasteiger partial charge on any atom is -0.479 e. The molecule has 0 unspecified atom stereocenters. The molecule has 5 rings (SSSR count). The summed E-state index contributed by atoms with van der Waals surface area (Å²) in [5.41, 5.74) is 1.08. The Morgan fingerprint density at radius 2 is 1.82 bits per heavy atom. The molecule has 34 heavy (non-hydrogen) atoms. The van der Waals surface area contributed by atoms with Gasteiger partial charge in [-0.2, -0.15) is 5.10 Å². The molecular weight excluding hydrogens is 457 g/mol. The van der Waals surface area contributed by atoms with Crippen LogP contribution in [-0.4, -0.2) is 29.7 Å². The van der Waals surface area contributed by atoms with E-state index in [4.69, 9.17) is 16.3 Å². The molecule has 0 saturated carbocycles. The Morgan fingerprint density at radius 1 is 1.00 bits per heavy atom. The van der Waals surface area contributed by atoms with Gasteiger partial charge in [0.25, 0.3) is 0 Å². The van der Waals surface area contributed by atoms with Crippen molar-refractivity contribution in [1.29, 1.82) is 0 Å². The van der Waals surface area contributed by atoms with Crippen molar-refractivity contribution in [3.8, 4) is 11.4 Å². The third-order valence-electron chi connectivity index (χ3n) is 5.11. The second-order valence-corrected chi connectivity index (χ2v) is 8.36. The van der Waals surface area contributed by atoms with Crippen molar-refractivity contribution in [3.63, 3.8) is 0 Å². The van der Waals surface area contributed by atoms with E-state index in [1.165, 1.54) is 18.5 Å². The van der Waals surface area contributed by atoms with Crippen LogP contribution in [0.5, 0.6) is 5.75 Å². The summed E-state index contributed by atoms with van der Waals surface area (Å²) in [6.07, 6.45) is 8.30. The molecule has 0 amide bonds. The zero-order valence-corrected chi connectivity index (χ0v) is 19.0. The molecule has 0 radical (unpaired) electrons. The van der Waals surface area contributed by atoms with Gasteiger partial charge in [0.15, 0.2) is 11.4 Å². The molecule has 8 nitrogen and oxygen atoms in total. The third-order valence-corrected chi connectivity index (χ3v) is 5.40. The highest BCUT2D eigenvalue weighted by Gasteiger charge is 2.28. The van der Waals surface area contributed by atoms with Crippen LogP contribution < -0.4 is 10.1 Å². The Morgan fingerprint density at radius 3 is 2.56 bits per heavy atom. The van der Waals surface area contributed by atoms with Crippen LogP contribution in [0, 0.1) is 5.82 Å². The highest BCUT2D eigenvalue weighted by Crippen LogP contribution is 2.37. The molecule has 2 aromatic carbocycles. The van der Waals surface area contributed by atoms with Gasteiger partial charge in [0, 0.05) is 36.5 Å². The molecule has 1 N–H and O–H groups in total. The first-order valence-electron chi connectivity index (χ1n) is 10.4. The van der Waals surface area contributed by atoms with Gasteiger partial charge in [0.1, 0.15) is 23.7 Å². The van der Waals surface area contributed by atoms with Crippen LogP contribution in [0.25, 0.3) is 16.6 Å². The first kappa shape index (κ1) is 21.7. The SMILES string of the molecule is CC(C)(Oc1cc(-n2cccn2)cc2ncnc(Nc3ccc(F)c(Cl)c3)c12)c1ncccn1. The zero-order valence-electron chi connectivity index (χ0n) is 18.3. The molecule has 3 aromatic heterocycles. The van der Waals surface area contributed by atoms with Crippen molar-refractivity contribution < 1.29 is 9.13 Å². The maximum Gasteiger partial charge on any atom is 0.171 e. The van der Waals surface area contributed by atoms with Gasteiger partial charge in [0.2, 0.25) is 0 Å². The normalized spacial score (nSPS) is 11.5. The summed E-state index contributed by atoms with van der Waals surface area (Å²) in [6, 6.07) is 11.7. The number of ether oxygens (including phenoxy) is 1. The van der Waals surface area contributed by atoms with E-state index in [1.807, 2.05) is 38.2 Å². The molecular formula is C24H19ClFN7O. The summed E-state index contributed by atoms with van der Waals surface area (Å²) < 4.78 is 21.9. The lowest BCUT2D eigenvalue weighted by Gasteiger charge is -2.26. The largest absolute Gasteiger partial charge is 0.479 e. The predicted molar refractivity (Wildman–Crippen MR) is 127 cm³/mol. The van der Waals surface area contributed by atoms with Gasteiger partial charge < -0.3 is 10.1 Å². The van der Waals surface area contributed by atoms with Crippen LogP contribution in [0.15, 0.2) is 73.6 Å². The van der Waals surface area contributed by atoms with Crippen LogP contribution in [0.2, 0.25) is 5.02 Å². The number of fused-ring (bicyclic) bond motifs is 1. The van der Waals surface area contributed by atoms with Crippen molar-refractivity contribution >= 4 is 34.0 Å². The summed E-state index contributed by atoms with van der Waals surface area (Å²) in [5, 5.41) is 8.15. The van der Waals surface area contributed by atoms with Crippen LogP contribution in [0.1, 0.15) is 19.7 Å². The Balaban J connectivity index is 1.66. The fourth-order valence-electron chi connectivity index (χ4n) is 3.51. The van der Waals surface area contributed by atoms with E-state index >= 15 is 0 Å². The molecule has 0 aliphatic carbocycles. The topological polar surface area (TPSA) is 90.6 Å². The van der Waals surface area contributed by atoms with Crippen molar-refractivity contribution in [2.24, 2.45) is 0 Å². The second-order valence-electron chi connectivity index (χ2n) is 7.95. The summed E-state index contributed by atoms with van der Waals surface area (Å²) in [5.74, 6) is 0.984. The average molecular weight is 476 g/mol. The lowest BCUT2D eigenvalue weighted by atomic mass is 10.1. The van der Waals surface area contributed by atoms with Crippen LogP contribution in [0.4, 0.5) is 15.9 Å². The molecule has 5 aromatic rings. The number of halogens is 2. The Bertz CT molecular complexity index is 1460. The van der Waals surface area contributed by atoms with Gasteiger partial charge in [-0.1, -0.05) is 11.6 Å². The minimum absolute atomic E-state index is 0.00293. The lowest BCUT2D eigenvalue weighted by molar-refractivity contribution is 0.100. The quantitative estimate of drug-likeness (QED) is 0.349. The number of anilines is 2. The molecule has 10 heteroatoms. The number of hydrogen-bond donors (Lipinski definition) is 1. The number of benzene rings is 2. The Hall–Kier alpha value is -4.11. The van der Waals surface area contributed by atoms with Crippen molar-refractivity contribution in [2.45, 2.75) is 19.4 Å². The number of rotatable bonds is 6. The van der Waals surface area contributed by atoms with Gasteiger partial charge >= 0.3 is 0 Å². The number of nitrogens with zero attached hydrogens (tertiary/aromatic N) is 6. The van der Waals surface area contributed by atoms with E-state index in [9.17, 15) is 4.39 Å². The molecule has 3 heterocycles. The highest BCUT2D eigenvalue weighted by molar-refractivity contribution is 6.31. The molecule has 0 saturated heterocycles. The molecule has 0 aliphatic heterocycles. The summed E-state index contributed by atoms with van der Waals surface area (Å²) in [4.78, 5) is 17.6. The molecule has 0 spiro atoms. The summed E-state index contributed by atoms with van der Waals surface area (Å²) in [6.45, 7) is 3.76. The average Bonchev–Trinajstić information content (AvgIpc) is 3.37. The van der Waals surface area contributed by atoms with Crippen molar-refractivity contribution in [3.05, 3.63) is 90.2 Å². The number of nitrogens with one attached hydrogen (secondary N) is 1. The van der Waals surface area contributed by atoms with Crippen molar-refractivity contribution in [1.82, 2.24) is 29.7 Å². The molecule has 0 bridgehead atoms. The van der Waals surface area contributed by atoms with E-state index in [-0.39, 0.29) is 5.02 Å². The van der Waals surface area contributed by atoms with E-state index in [0.717, 1.165) is 5.69 Å². The molecule has 0 aliphatic rings. The van der Waals surface area contributed by atoms with Crippen molar-refractivity contribution in [2.75, 3.05) is 5.32 Å². The smallest absolute Gasteiger partial charge is 0.171 e. The monoisotopic (exact) mass is 475 g/mol. The van der Waals surface area contributed by atoms with E-state index in [1.54, 1.807) is 35.4 Å². The van der Waals surface area contributed by atoms with Gasteiger partial charge in [-0.3, -0.25) is 0 Å². The summed E-state index contributed by atoms with van der Waals surface area (Å²) in [7, 11) is 0. The maximum absolute atomic E-state index is 13.7. The summed E-state index contributed by atoms with van der Waals surface area (Å²) >= 11 is 5.97. The van der Waals surface area contributed by atoms with Gasteiger partial charge in [-0.25, -0.2) is 29.0 Å². The van der Waals surface area contributed by atoms with Gasteiger partial charge in [-0.05, 0) is 50.2 Å². The standard InChI is InChI=1S/C24H19ClFN7O/c1-24(2,23-27-7-3-8-28-23)34-20-13-16(33-10-4-9-31-33)12-19-21(20)22(30-14-29-19)32-15-5-6-18(26)17(25)11-15/h3-14H,1-2H3,(H,29,30,32). The van der Waals surface area contributed by atoms with E-state index in [0.29, 0.717) is 34.0 Å². The molecule has 170 valence electrons. The lowest BCUT2D eigenvalue weighted by Crippen LogP contribution is -2.28.